The van der Waals surface area contributed by atoms with Gasteiger partial charge in [-0.15, -0.1) is 0 Å². The molecule has 0 bridgehead atoms. The first-order chi connectivity index (χ1) is 6.70. The van der Waals surface area contributed by atoms with E-state index in [9.17, 15) is 0 Å². The van der Waals surface area contributed by atoms with Crippen LogP contribution in [0.25, 0.3) is 5.65 Å². The molecule has 0 saturated heterocycles. The summed E-state index contributed by atoms with van der Waals surface area (Å²) in [5, 5.41) is 0. The standard InChI is InChI=1S/C12H16N2/c1-4-11-8-14-6-5-10(9(2)3)7-12(14)13-11/h5-9H,4H2,1-3H3. The zero-order chi connectivity index (χ0) is 10.1. The molecule has 0 atom stereocenters. The van der Waals surface area contributed by atoms with E-state index in [0.29, 0.717) is 5.92 Å². The second-order valence-corrected chi connectivity index (χ2v) is 3.97. The first-order valence-electron chi connectivity index (χ1n) is 5.18. The minimum absolute atomic E-state index is 0.571. The summed E-state index contributed by atoms with van der Waals surface area (Å²) in [6.45, 7) is 6.54. The van der Waals surface area contributed by atoms with Gasteiger partial charge in [0.1, 0.15) is 5.65 Å². The number of fused-ring (bicyclic) bond motifs is 1. The second-order valence-electron chi connectivity index (χ2n) is 3.97. The zero-order valence-electron chi connectivity index (χ0n) is 8.99. The molecule has 0 aliphatic rings. The highest BCUT2D eigenvalue weighted by Crippen LogP contribution is 2.16. The fourth-order valence-corrected chi connectivity index (χ4v) is 1.58. The SMILES string of the molecule is CCc1cn2ccc(C(C)C)cc2n1. The third-order valence-corrected chi connectivity index (χ3v) is 2.56. The van der Waals surface area contributed by atoms with Gasteiger partial charge in [0.2, 0.25) is 0 Å². The summed E-state index contributed by atoms with van der Waals surface area (Å²) in [5.41, 5.74) is 3.57. The maximum Gasteiger partial charge on any atom is 0.137 e. The number of hydrogen-bond donors (Lipinski definition) is 0. The topological polar surface area (TPSA) is 17.3 Å². The van der Waals surface area contributed by atoms with Crippen LogP contribution < -0.4 is 0 Å². The van der Waals surface area contributed by atoms with Crippen LogP contribution in [-0.2, 0) is 6.42 Å². The van der Waals surface area contributed by atoms with Crippen LogP contribution in [0.3, 0.4) is 0 Å². The Labute approximate surface area is 84.6 Å². The van der Waals surface area contributed by atoms with E-state index in [0.717, 1.165) is 17.8 Å². The predicted octanol–water partition coefficient (Wildman–Crippen LogP) is 3.02. The van der Waals surface area contributed by atoms with Crippen molar-refractivity contribution in [2.75, 3.05) is 0 Å². The fourth-order valence-electron chi connectivity index (χ4n) is 1.58. The van der Waals surface area contributed by atoms with Crippen LogP contribution in [0.2, 0.25) is 0 Å². The molecule has 2 heteroatoms. The molecule has 0 saturated carbocycles. The molecule has 74 valence electrons. The van der Waals surface area contributed by atoms with E-state index in [1.807, 2.05) is 0 Å². The minimum atomic E-state index is 0.571. The van der Waals surface area contributed by atoms with Crippen molar-refractivity contribution in [3.63, 3.8) is 0 Å². The Morgan fingerprint density at radius 3 is 2.86 bits per heavy atom. The molecule has 2 aromatic rings. The molecule has 2 nitrogen and oxygen atoms in total. The van der Waals surface area contributed by atoms with Gasteiger partial charge >= 0.3 is 0 Å². The smallest absolute Gasteiger partial charge is 0.137 e. The van der Waals surface area contributed by atoms with Gasteiger partial charge in [0, 0.05) is 12.4 Å². The Balaban J connectivity index is 2.54. The van der Waals surface area contributed by atoms with Crippen LogP contribution in [0.15, 0.2) is 24.5 Å². The monoisotopic (exact) mass is 188 g/mol. The van der Waals surface area contributed by atoms with E-state index < -0.39 is 0 Å². The number of hydrogen-bond acceptors (Lipinski definition) is 1. The van der Waals surface area contributed by atoms with Crippen molar-refractivity contribution in [1.82, 2.24) is 9.38 Å². The Kier molecular flexibility index (Phi) is 2.28. The predicted molar refractivity (Wildman–Crippen MR) is 58.7 cm³/mol. The van der Waals surface area contributed by atoms with E-state index in [1.54, 1.807) is 0 Å². The summed E-state index contributed by atoms with van der Waals surface area (Å²) < 4.78 is 2.09. The van der Waals surface area contributed by atoms with Gasteiger partial charge in [0.05, 0.1) is 5.69 Å². The van der Waals surface area contributed by atoms with Crippen LogP contribution in [0, 0.1) is 0 Å². The third kappa shape index (κ3) is 1.52. The molecule has 0 radical (unpaired) electrons. The molecule has 0 unspecified atom stereocenters. The maximum absolute atomic E-state index is 4.54. The molecule has 14 heavy (non-hydrogen) atoms. The molecule has 0 amide bonds. The lowest BCUT2D eigenvalue weighted by atomic mass is 10.1. The molecule has 0 aromatic carbocycles. The van der Waals surface area contributed by atoms with Crippen molar-refractivity contribution in [3.05, 3.63) is 35.8 Å². The quantitative estimate of drug-likeness (QED) is 0.708. The van der Waals surface area contributed by atoms with Gasteiger partial charge in [0.15, 0.2) is 0 Å². The lowest BCUT2D eigenvalue weighted by Crippen LogP contribution is -1.90. The molecule has 2 rings (SSSR count). The van der Waals surface area contributed by atoms with Gasteiger partial charge in [0.25, 0.3) is 0 Å². The Hall–Kier alpha value is -1.31. The highest BCUT2D eigenvalue weighted by atomic mass is 15.0. The number of aromatic nitrogens is 2. The molecule has 0 aliphatic heterocycles. The van der Waals surface area contributed by atoms with Crippen LogP contribution >= 0.6 is 0 Å². The number of nitrogens with zero attached hydrogens (tertiary/aromatic N) is 2. The molecular formula is C12H16N2. The summed E-state index contributed by atoms with van der Waals surface area (Å²) in [4.78, 5) is 4.54. The van der Waals surface area contributed by atoms with Crippen molar-refractivity contribution < 1.29 is 0 Å². The lowest BCUT2D eigenvalue weighted by molar-refractivity contribution is 0.863. The molecule has 2 heterocycles. The normalized spacial score (nSPS) is 11.4. The largest absolute Gasteiger partial charge is 0.307 e. The van der Waals surface area contributed by atoms with Crippen molar-refractivity contribution >= 4 is 5.65 Å². The number of rotatable bonds is 2. The van der Waals surface area contributed by atoms with E-state index in [1.165, 1.54) is 5.56 Å². The summed E-state index contributed by atoms with van der Waals surface area (Å²) >= 11 is 0. The summed E-state index contributed by atoms with van der Waals surface area (Å²) in [7, 11) is 0. The van der Waals surface area contributed by atoms with Gasteiger partial charge in [-0.2, -0.15) is 0 Å². The van der Waals surface area contributed by atoms with Crippen molar-refractivity contribution in [3.8, 4) is 0 Å². The Morgan fingerprint density at radius 1 is 1.43 bits per heavy atom. The van der Waals surface area contributed by atoms with E-state index in [2.05, 4.69) is 54.7 Å². The van der Waals surface area contributed by atoms with Gasteiger partial charge in [-0.1, -0.05) is 20.8 Å². The Morgan fingerprint density at radius 2 is 2.21 bits per heavy atom. The lowest BCUT2D eigenvalue weighted by Gasteiger charge is -2.04. The minimum Gasteiger partial charge on any atom is -0.307 e. The Bertz CT molecular complexity index is 441. The molecule has 0 fully saturated rings. The number of pyridine rings is 1. The highest BCUT2D eigenvalue weighted by molar-refractivity contribution is 5.43. The average Bonchev–Trinajstić information content (AvgIpc) is 2.58. The maximum atomic E-state index is 4.54. The van der Waals surface area contributed by atoms with E-state index >= 15 is 0 Å². The van der Waals surface area contributed by atoms with Crippen LogP contribution in [-0.4, -0.2) is 9.38 Å². The van der Waals surface area contributed by atoms with Gasteiger partial charge in [-0.25, -0.2) is 4.98 Å². The molecule has 2 aromatic heterocycles. The van der Waals surface area contributed by atoms with Gasteiger partial charge < -0.3 is 4.40 Å². The van der Waals surface area contributed by atoms with Gasteiger partial charge in [-0.3, -0.25) is 0 Å². The van der Waals surface area contributed by atoms with Crippen molar-refractivity contribution in [2.45, 2.75) is 33.1 Å². The van der Waals surface area contributed by atoms with Gasteiger partial charge in [-0.05, 0) is 30.0 Å². The first-order valence-corrected chi connectivity index (χ1v) is 5.18. The summed E-state index contributed by atoms with van der Waals surface area (Å²) in [6.07, 6.45) is 5.19. The fraction of sp³-hybridized carbons (Fsp3) is 0.417. The molecule has 0 N–H and O–H groups in total. The van der Waals surface area contributed by atoms with Crippen molar-refractivity contribution in [2.24, 2.45) is 0 Å². The second kappa shape index (κ2) is 3.45. The van der Waals surface area contributed by atoms with E-state index in [4.69, 9.17) is 0 Å². The average molecular weight is 188 g/mol. The molecular weight excluding hydrogens is 172 g/mol. The third-order valence-electron chi connectivity index (χ3n) is 2.56. The molecule has 0 aliphatic carbocycles. The number of aryl methyl sites for hydroxylation is 1. The zero-order valence-corrected chi connectivity index (χ0v) is 8.99. The van der Waals surface area contributed by atoms with E-state index in [-0.39, 0.29) is 0 Å². The number of imidazole rings is 1. The van der Waals surface area contributed by atoms with Crippen LogP contribution in [0.1, 0.15) is 37.9 Å². The summed E-state index contributed by atoms with van der Waals surface area (Å²) in [5.74, 6) is 0.571. The summed E-state index contributed by atoms with van der Waals surface area (Å²) in [6, 6.07) is 4.34. The highest BCUT2D eigenvalue weighted by Gasteiger charge is 2.03. The first kappa shape index (κ1) is 9.25. The van der Waals surface area contributed by atoms with Crippen molar-refractivity contribution in [1.29, 1.82) is 0 Å². The molecule has 0 spiro atoms. The van der Waals surface area contributed by atoms with Crippen LogP contribution in [0.5, 0.6) is 0 Å². The van der Waals surface area contributed by atoms with Crippen LogP contribution in [0.4, 0.5) is 0 Å².